The van der Waals surface area contributed by atoms with Crippen molar-refractivity contribution in [3.05, 3.63) is 23.8 Å². The summed E-state index contributed by atoms with van der Waals surface area (Å²) in [5.41, 5.74) is 6.80. The van der Waals surface area contributed by atoms with E-state index < -0.39 is 10.0 Å². The summed E-state index contributed by atoms with van der Waals surface area (Å²) in [4.78, 5) is 0.154. The van der Waals surface area contributed by atoms with E-state index in [1.807, 2.05) is 0 Å². The number of anilines is 1. The first-order valence-corrected chi connectivity index (χ1v) is 6.26. The molecule has 1 aromatic carbocycles. The van der Waals surface area contributed by atoms with E-state index in [4.69, 9.17) is 10.8 Å². The molecule has 0 saturated heterocycles. The number of sulfonamides is 1. The van der Waals surface area contributed by atoms with Crippen LogP contribution < -0.4 is 5.73 Å². The molecule has 0 aliphatic heterocycles. The molecule has 90 valence electrons. The average Bonchev–Trinajstić information content (AvgIpc) is 2.16. The van der Waals surface area contributed by atoms with Gasteiger partial charge >= 0.3 is 0 Å². The second-order valence-corrected chi connectivity index (χ2v) is 5.67. The van der Waals surface area contributed by atoms with E-state index in [-0.39, 0.29) is 18.0 Å². The van der Waals surface area contributed by atoms with Crippen LogP contribution in [0, 0.1) is 6.92 Å². The topological polar surface area (TPSA) is 83.6 Å². The van der Waals surface area contributed by atoms with Crippen LogP contribution >= 0.6 is 0 Å². The first kappa shape index (κ1) is 13.0. The molecule has 0 spiro atoms. The highest BCUT2D eigenvalue weighted by Crippen LogP contribution is 2.19. The summed E-state index contributed by atoms with van der Waals surface area (Å²) < 4.78 is 25.1. The number of likely N-dealkylation sites (N-methyl/N-ethyl adjacent to an activating group) is 1. The van der Waals surface area contributed by atoms with Crippen molar-refractivity contribution in [2.24, 2.45) is 0 Å². The van der Waals surface area contributed by atoms with Crippen molar-refractivity contribution < 1.29 is 13.5 Å². The van der Waals surface area contributed by atoms with Gasteiger partial charge in [0.15, 0.2) is 0 Å². The van der Waals surface area contributed by atoms with Gasteiger partial charge in [0.25, 0.3) is 0 Å². The molecule has 0 atom stereocenters. The molecule has 5 nitrogen and oxygen atoms in total. The van der Waals surface area contributed by atoms with Crippen LogP contribution in [0.15, 0.2) is 23.1 Å². The zero-order valence-electron chi connectivity index (χ0n) is 9.34. The quantitative estimate of drug-likeness (QED) is 0.741. The maximum atomic E-state index is 12.0. The molecule has 0 unspecified atom stereocenters. The minimum absolute atomic E-state index is 0.0657. The number of hydrogen-bond donors (Lipinski definition) is 2. The van der Waals surface area contributed by atoms with Crippen LogP contribution in [-0.4, -0.2) is 38.0 Å². The fraction of sp³-hybridized carbons (Fsp3) is 0.400. The van der Waals surface area contributed by atoms with E-state index in [9.17, 15) is 8.42 Å². The predicted octanol–water partition coefficient (Wildman–Crippen LogP) is 0.190. The summed E-state index contributed by atoms with van der Waals surface area (Å²) in [6.45, 7) is 1.63. The van der Waals surface area contributed by atoms with Gasteiger partial charge in [-0.3, -0.25) is 0 Å². The Morgan fingerprint density at radius 1 is 1.38 bits per heavy atom. The first-order chi connectivity index (χ1) is 7.37. The molecule has 0 aliphatic rings. The SMILES string of the molecule is Cc1cc(N)cc(S(=O)(=O)N(C)CCO)c1. The van der Waals surface area contributed by atoms with Crippen molar-refractivity contribution in [1.82, 2.24) is 4.31 Å². The van der Waals surface area contributed by atoms with Crippen LogP contribution in [0.3, 0.4) is 0 Å². The van der Waals surface area contributed by atoms with Crippen molar-refractivity contribution in [1.29, 1.82) is 0 Å². The number of nitrogen functional groups attached to an aromatic ring is 1. The molecule has 0 amide bonds. The van der Waals surface area contributed by atoms with E-state index in [1.165, 1.54) is 13.1 Å². The first-order valence-electron chi connectivity index (χ1n) is 4.82. The maximum absolute atomic E-state index is 12.0. The third kappa shape index (κ3) is 2.72. The number of nitrogens with two attached hydrogens (primary N) is 1. The van der Waals surface area contributed by atoms with E-state index in [0.29, 0.717) is 5.69 Å². The Labute approximate surface area is 95.5 Å². The zero-order chi connectivity index (χ0) is 12.3. The standard InChI is InChI=1S/C10H16N2O3S/c1-8-5-9(11)7-10(6-8)16(14,15)12(2)3-4-13/h5-7,13H,3-4,11H2,1-2H3. The van der Waals surface area contributed by atoms with Gasteiger partial charge in [0.05, 0.1) is 11.5 Å². The van der Waals surface area contributed by atoms with Crippen molar-refractivity contribution in [3.63, 3.8) is 0 Å². The molecule has 0 aromatic heterocycles. The number of aliphatic hydroxyl groups excluding tert-OH is 1. The second-order valence-electron chi connectivity index (χ2n) is 3.63. The van der Waals surface area contributed by atoms with Crippen LogP contribution in [0.5, 0.6) is 0 Å². The van der Waals surface area contributed by atoms with Crippen LogP contribution in [0.1, 0.15) is 5.56 Å². The molecule has 0 radical (unpaired) electrons. The lowest BCUT2D eigenvalue weighted by atomic mass is 10.2. The number of benzene rings is 1. The Bertz CT molecular complexity index is 451. The molecule has 0 fully saturated rings. The molecule has 0 saturated carbocycles. The summed E-state index contributed by atoms with van der Waals surface area (Å²) in [6, 6.07) is 4.67. The highest BCUT2D eigenvalue weighted by atomic mass is 32.2. The Morgan fingerprint density at radius 2 is 2.00 bits per heavy atom. The monoisotopic (exact) mass is 244 g/mol. The minimum Gasteiger partial charge on any atom is -0.399 e. The van der Waals surface area contributed by atoms with E-state index in [2.05, 4.69) is 0 Å². The van der Waals surface area contributed by atoms with Crippen molar-refractivity contribution in [2.75, 3.05) is 25.9 Å². The van der Waals surface area contributed by atoms with Gasteiger partial charge < -0.3 is 10.8 Å². The fourth-order valence-electron chi connectivity index (χ4n) is 1.37. The van der Waals surface area contributed by atoms with Gasteiger partial charge in [0.2, 0.25) is 10.0 Å². The van der Waals surface area contributed by atoms with Gasteiger partial charge in [0.1, 0.15) is 0 Å². The lowest BCUT2D eigenvalue weighted by Crippen LogP contribution is -2.29. The fourth-order valence-corrected chi connectivity index (χ4v) is 2.67. The molecule has 3 N–H and O–H groups in total. The largest absolute Gasteiger partial charge is 0.399 e. The summed E-state index contributed by atoms with van der Waals surface area (Å²) in [7, 11) is -2.13. The number of hydrogen-bond acceptors (Lipinski definition) is 4. The Morgan fingerprint density at radius 3 is 2.50 bits per heavy atom. The molecule has 0 heterocycles. The summed E-state index contributed by atoms with van der Waals surface area (Å²) >= 11 is 0. The average molecular weight is 244 g/mol. The number of nitrogens with zero attached hydrogens (tertiary/aromatic N) is 1. The molecule has 0 bridgehead atoms. The van der Waals surface area contributed by atoms with Crippen LogP contribution in [0.4, 0.5) is 5.69 Å². The third-order valence-corrected chi connectivity index (χ3v) is 4.03. The Hall–Kier alpha value is -1.11. The maximum Gasteiger partial charge on any atom is 0.242 e. The Balaban J connectivity index is 3.16. The highest BCUT2D eigenvalue weighted by Gasteiger charge is 2.20. The van der Waals surface area contributed by atoms with Crippen LogP contribution in [0.25, 0.3) is 0 Å². The number of aryl methyl sites for hydroxylation is 1. The highest BCUT2D eigenvalue weighted by molar-refractivity contribution is 7.89. The molecular weight excluding hydrogens is 228 g/mol. The van der Waals surface area contributed by atoms with E-state index >= 15 is 0 Å². The predicted molar refractivity (Wildman–Crippen MR) is 62.5 cm³/mol. The van der Waals surface area contributed by atoms with Crippen molar-refractivity contribution in [3.8, 4) is 0 Å². The summed E-state index contributed by atoms with van der Waals surface area (Å²) in [5.74, 6) is 0. The van der Waals surface area contributed by atoms with Gasteiger partial charge in [-0.2, -0.15) is 4.31 Å². The van der Waals surface area contributed by atoms with Crippen molar-refractivity contribution >= 4 is 15.7 Å². The van der Waals surface area contributed by atoms with Crippen LogP contribution in [-0.2, 0) is 10.0 Å². The summed E-state index contributed by atoms with van der Waals surface area (Å²) in [5, 5.41) is 8.73. The van der Waals surface area contributed by atoms with E-state index in [0.717, 1.165) is 9.87 Å². The third-order valence-electron chi connectivity index (χ3n) is 2.20. The van der Waals surface area contributed by atoms with Crippen molar-refractivity contribution in [2.45, 2.75) is 11.8 Å². The molecule has 6 heteroatoms. The lowest BCUT2D eigenvalue weighted by Gasteiger charge is -2.16. The smallest absolute Gasteiger partial charge is 0.242 e. The summed E-state index contributed by atoms with van der Waals surface area (Å²) in [6.07, 6.45) is 0. The van der Waals surface area contributed by atoms with Gasteiger partial charge in [-0.05, 0) is 30.7 Å². The Kier molecular flexibility index (Phi) is 3.90. The molecule has 1 rings (SSSR count). The molecule has 16 heavy (non-hydrogen) atoms. The molecule has 0 aliphatic carbocycles. The van der Waals surface area contributed by atoms with Gasteiger partial charge in [-0.1, -0.05) is 0 Å². The van der Waals surface area contributed by atoms with Gasteiger partial charge in [-0.15, -0.1) is 0 Å². The van der Waals surface area contributed by atoms with Gasteiger partial charge in [0, 0.05) is 19.3 Å². The minimum atomic E-state index is -3.55. The van der Waals surface area contributed by atoms with Gasteiger partial charge in [-0.25, -0.2) is 8.42 Å². The van der Waals surface area contributed by atoms with E-state index in [1.54, 1.807) is 19.1 Å². The second kappa shape index (κ2) is 4.82. The number of aliphatic hydroxyl groups is 1. The zero-order valence-corrected chi connectivity index (χ0v) is 10.2. The number of rotatable bonds is 4. The molecular formula is C10H16N2O3S. The van der Waals surface area contributed by atoms with Crippen LogP contribution in [0.2, 0.25) is 0 Å². The normalized spacial score (nSPS) is 12.0. The lowest BCUT2D eigenvalue weighted by molar-refractivity contribution is 0.266. The molecule has 1 aromatic rings.